The third kappa shape index (κ3) is 11.5. The fourth-order valence-electron chi connectivity index (χ4n) is 5.09. The molecule has 0 saturated heterocycles. The SMILES string of the molecule is CCCCCCCOc1ccc(C(=O)Oc2ccc(C[C@H](NC(=O)c3ccc(NC(=O)Cc4cc(F)ccc4OC)cc3)C(=O)O)cc2)cc1. The number of carboxylic acid groups (broad SMARTS) is 1. The van der Waals surface area contributed by atoms with E-state index in [0.717, 1.165) is 12.8 Å². The van der Waals surface area contributed by atoms with E-state index in [4.69, 9.17) is 14.2 Å². The van der Waals surface area contributed by atoms with Crippen molar-refractivity contribution in [3.63, 3.8) is 0 Å². The van der Waals surface area contributed by atoms with Gasteiger partial charge in [-0.1, -0.05) is 44.7 Å². The van der Waals surface area contributed by atoms with Crippen molar-refractivity contribution in [1.29, 1.82) is 0 Å². The van der Waals surface area contributed by atoms with Gasteiger partial charge in [-0.3, -0.25) is 9.59 Å². The molecule has 0 bridgehead atoms. The molecule has 3 N–H and O–H groups in total. The second kappa shape index (κ2) is 18.7. The van der Waals surface area contributed by atoms with E-state index in [1.165, 1.54) is 68.8 Å². The molecule has 0 fully saturated rings. The number of rotatable bonds is 18. The van der Waals surface area contributed by atoms with Gasteiger partial charge in [-0.2, -0.15) is 0 Å². The molecule has 0 heterocycles. The minimum Gasteiger partial charge on any atom is -0.496 e. The fourth-order valence-corrected chi connectivity index (χ4v) is 5.09. The maximum absolute atomic E-state index is 13.6. The lowest BCUT2D eigenvalue weighted by molar-refractivity contribution is -0.139. The van der Waals surface area contributed by atoms with E-state index in [2.05, 4.69) is 17.6 Å². The molecule has 4 aromatic rings. The van der Waals surface area contributed by atoms with E-state index in [0.29, 0.717) is 40.5 Å². The van der Waals surface area contributed by atoms with Crippen molar-refractivity contribution in [2.75, 3.05) is 19.0 Å². The van der Waals surface area contributed by atoms with E-state index < -0.39 is 35.6 Å². The number of nitrogens with one attached hydrogen (secondary N) is 2. The molecule has 0 saturated carbocycles. The van der Waals surface area contributed by atoms with Gasteiger partial charge in [0.05, 0.1) is 25.7 Å². The number of esters is 1. The molecule has 10 nitrogen and oxygen atoms in total. The Hall–Kier alpha value is -5.71. The third-order valence-corrected chi connectivity index (χ3v) is 7.81. The molecule has 0 aliphatic rings. The Balaban J connectivity index is 1.25. The molecule has 262 valence electrons. The van der Waals surface area contributed by atoms with E-state index in [1.54, 1.807) is 48.5 Å². The van der Waals surface area contributed by atoms with E-state index in [9.17, 15) is 28.7 Å². The Kier molecular flexibility index (Phi) is 13.9. The number of amides is 2. The Bertz CT molecular complexity index is 1740. The number of benzene rings is 4. The maximum atomic E-state index is 13.6. The second-order valence-electron chi connectivity index (χ2n) is 11.6. The largest absolute Gasteiger partial charge is 0.496 e. The van der Waals surface area contributed by atoms with E-state index >= 15 is 0 Å². The molecule has 4 aromatic carbocycles. The normalized spacial score (nSPS) is 11.3. The zero-order chi connectivity index (χ0) is 35.9. The van der Waals surface area contributed by atoms with E-state index in [1.807, 2.05) is 0 Å². The summed E-state index contributed by atoms with van der Waals surface area (Å²) >= 11 is 0. The van der Waals surface area contributed by atoms with Crippen LogP contribution < -0.4 is 24.8 Å². The van der Waals surface area contributed by atoms with Crippen molar-refractivity contribution in [2.45, 2.75) is 57.9 Å². The Morgan fingerprint density at radius 1 is 0.800 bits per heavy atom. The van der Waals surface area contributed by atoms with Gasteiger partial charge in [-0.15, -0.1) is 0 Å². The zero-order valence-corrected chi connectivity index (χ0v) is 28.1. The van der Waals surface area contributed by atoms with Gasteiger partial charge in [0.15, 0.2) is 0 Å². The molecule has 0 spiro atoms. The molecule has 0 radical (unpaired) electrons. The topological polar surface area (TPSA) is 140 Å². The number of carboxylic acids is 1. The van der Waals surface area contributed by atoms with Gasteiger partial charge in [-0.05, 0) is 90.8 Å². The predicted molar refractivity (Wildman–Crippen MR) is 186 cm³/mol. The van der Waals surface area contributed by atoms with Gasteiger partial charge >= 0.3 is 11.9 Å². The molecule has 0 aromatic heterocycles. The summed E-state index contributed by atoms with van der Waals surface area (Å²) in [6, 6.07) is 21.7. The molecule has 0 aliphatic carbocycles. The van der Waals surface area contributed by atoms with Gasteiger partial charge in [0.25, 0.3) is 5.91 Å². The van der Waals surface area contributed by atoms with Gasteiger partial charge in [0, 0.05) is 23.2 Å². The van der Waals surface area contributed by atoms with E-state index in [-0.39, 0.29) is 24.2 Å². The highest BCUT2D eigenvalue weighted by Crippen LogP contribution is 2.21. The van der Waals surface area contributed by atoms with Crippen LogP contribution in [-0.2, 0) is 22.4 Å². The van der Waals surface area contributed by atoms with Crippen LogP contribution in [0, 0.1) is 5.82 Å². The Labute approximate surface area is 290 Å². The summed E-state index contributed by atoms with van der Waals surface area (Å²) in [5.41, 5.74) is 1.92. The molecule has 4 rings (SSSR count). The number of carbonyl (C=O) groups excluding carboxylic acids is 3. The summed E-state index contributed by atoms with van der Waals surface area (Å²) in [6.45, 7) is 2.80. The number of carbonyl (C=O) groups is 4. The number of ether oxygens (including phenoxy) is 3. The summed E-state index contributed by atoms with van der Waals surface area (Å²) in [5, 5.41) is 15.0. The minimum absolute atomic E-state index is 0.0208. The van der Waals surface area contributed by atoms with Crippen LogP contribution >= 0.6 is 0 Å². The highest BCUT2D eigenvalue weighted by molar-refractivity contribution is 5.98. The number of halogens is 1. The maximum Gasteiger partial charge on any atom is 0.343 e. The summed E-state index contributed by atoms with van der Waals surface area (Å²) in [6.07, 6.45) is 5.57. The van der Waals surface area contributed by atoms with Gasteiger partial charge in [0.2, 0.25) is 5.91 Å². The zero-order valence-electron chi connectivity index (χ0n) is 28.1. The summed E-state index contributed by atoms with van der Waals surface area (Å²) < 4.78 is 30.0. The molecule has 0 unspecified atom stereocenters. The van der Waals surface area contributed by atoms with Crippen LogP contribution in [0.1, 0.15) is 70.9 Å². The fraction of sp³-hybridized carbons (Fsp3) is 0.282. The van der Waals surface area contributed by atoms with Gasteiger partial charge < -0.3 is 30.0 Å². The summed E-state index contributed by atoms with van der Waals surface area (Å²) in [5.74, 6) is -1.95. The van der Waals surface area contributed by atoms with Crippen LogP contribution in [0.2, 0.25) is 0 Å². The first-order chi connectivity index (χ1) is 24.1. The number of aliphatic carboxylic acids is 1. The molecular weight excluding hydrogens is 643 g/mol. The lowest BCUT2D eigenvalue weighted by Gasteiger charge is -2.15. The van der Waals surface area contributed by atoms with Crippen molar-refractivity contribution < 1.29 is 42.9 Å². The molecule has 50 heavy (non-hydrogen) atoms. The highest BCUT2D eigenvalue weighted by Gasteiger charge is 2.22. The quantitative estimate of drug-likeness (QED) is 0.0578. The smallest absolute Gasteiger partial charge is 0.343 e. The Morgan fingerprint density at radius 2 is 1.46 bits per heavy atom. The minimum atomic E-state index is -1.24. The van der Waals surface area contributed by atoms with Crippen molar-refractivity contribution in [1.82, 2.24) is 5.32 Å². The molecule has 11 heteroatoms. The third-order valence-electron chi connectivity index (χ3n) is 7.81. The first-order valence-electron chi connectivity index (χ1n) is 16.4. The van der Waals surface area contributed by atoms with Crippen LogP contribution in [0.3, 0.4) is 0 Å². The molecule has 1 atom stereocenters. The van der Waals surface area contributed by atoms with Crippen LogP contribution in [0.25, 0.3) is 0 Å². The first-order valence-corrected chi connectivity index (χ1v) is 16.4. The molecular formula is C39H41FN2O8. The van der Waals surface area contributed by atoms with Gasteiger partial charge in [-0.25, -0.2) is 14.0 Å². The molecule has 2 amide bonds. The monoisotopic (exact) mass is 684 g/mol. The first kappa shape index (κ1) is 37.1. The van der Waals surface area contributed by atoms with Crippen LogP contribution in [0.5, 0.6) is 17.2 Å². The summed E-state index contributed by atoms with van der Waals surface area (Å²) in [7, 11) is 1.43. The number of hydrogen-bond donors (Lipinski definition) is 3. The summed E-state index contributed by atoms with van der Waals surface area (Å²) in [4.78, 5) is 50.0. The van der Waals surface area contributed by atoms with Crippen molar-refractivity contribution in [3.8, 4) is 17.2 Å². The Morgan fingerprint density at radius 3 is 2.12 bits per heavy atom. The number of unbranched alkanes of at least 4 members (excludes halogenated alkanes) is 4. The van der Waals surface area contributed by atoms with Crippen molar-refractivity contribution >= 4 is 29.4 Å². The highest BCUT2D eigenvalue weighted by atomic mass is 19.1. The number of hydrogen-bond acceptors (Lipinski definition) is 7. The van der Waals surface area contributed by atoms with Crippen LogP contribution in [0.15, 0.2) is 91.0 Å². The van der Waals surface area contributed by atoms with Crippen molar-refractivity contribution in [2.24, 2.45) is 0 Å². The number of anilines is 1. The predicted octanol–water partition coefficient (Wildman–Crippen LogP) is 7.01. The van der Waals surface area contributed by atoms with Crippen molar-refractivity contribution in [3.05, 3.63) is 119 Å². The van der Waals surface area contributed by atoms with Gasteiger partial charge in [0.1, 0.15) is 29.1 Å². The average Bonchev–Trinajstić information content (AvgIpc) is 3.10. The van der Waals surface area contributed by atoms with Crippen LogP contribution in [-0.4, -0.2) is 48.6 Å². The lowest BCUT2D eigenvalue weighted by atomic mass is 10.0. The average molecular weight is 685 g/mol. The standard InChI is InChI=1S/C39H41FN2O8/c1-3-4-5-6-7-22-49-32-19-12-28(13-20-32)39(47)50-33-17-8-26(9-18-33)23-34(38(45)46)42-37(44)27-10-15-31(16-11-27)41-36(43)25-29-24-30(40)14-21-35(29)48-2/h8-21,24,34H,3-7,22-23,25H2,1-2H3,(H,41,43)(H,42,44)(H,45,46)/t34-/m0/s1. The number of methoxy groups -OCH3 is 1. The molecule has 0 aliphatic heterocycles. The lowest BCUT2D eigenvalue weighted by Crippen LogP contribution is -2.42. The van der Waals surface area contributed by atoms with Crippen LogP contribution in [0.4, 0.5) is 10.1 Å². The second-order valence-corrected chi connectivity index (χ2v) is 11.6.